The molecule has 1 amide bonds. The largest absolute Gasteiger partial charge is 0.471 e. The van der Waals surface area contributed by atoms with Crippen LogP contribution in [0.25, 0.3) is 0 Å². The number of ketones is 1. The number of rotatable bonds is 8. The van der Waals surface area contributed by atoms with Crippen molar-refractivity contribution in [2.45, 2.75) is 39.7 Å². The van der Waals surface area contributed by atoms with Crippen LogP contribution in [0.2, 0.25) is 0 Å². The molecule has 2 aromatic rings. The molecule has 0 aromatic carbocycles. The topological polar surface area (TPSA) is 81.2 Å². The van der Waals surface area contributed by atoms with Gasteiger partial charge in [-0.1, -0.05) is 0 Å². The summed E-state index contributed by atoms with van der Waals surface area (Å²) in [5, 5.41) is 2.84. The number of aromatic nitrogens is 2. The van der Waals surface area contributed by atoms with E-state index in [4.69, 9.17) is 4.74 Å². The number of aryl methyl sites for hydroxylation is 1. The lowest BCUT2D eigenvalue weighted by Crippen LogP contribution is -2.27. The van der Waals surface area contributed by atoms with Gasteiger partial charge in [0.15, 0.2) is 6.61 Å². The third kappa shape index (κ3) is 6.09. The molecule has 0 fully saturated rings. The number of carbonyl (C=O) groups is 2. The first-order valence-corrected chi connectivity index (χ1v) is 8.39. The number of nitrogens with one attached hydrogen (secondary N) is 1. The molecular formula is C19H21F2N3O3. The SMILES string of the molecule is CC(=O)Cc1cc(C(=O)NC(C)c2cnc(OCC(F)F)c(C)c2)ccn1. The monoisotopic (exact) mass is 377 g/mol. The Morgan fingerprint density at radius 3 is 2.63 bits per heavy atom. The fourth-order valence-electron chi connectivity index (χ4n) is 2.45. The van der Waals surface area contributed by atoms with Gasteiger partial charge in [0.2, 0.25) is 5.88 Å². The zero-order valence-electron chi connectivity index (χ0n) is 15.3. The first-order chi connectivity index (χ1) is 12.8. The van der Waals surface area contributed by atoms with Crippen LogP contribution in [-0.2, 0) is 11.2 Å². The van der Waals surface area contributed by atoms with Gasteiger partial charge < -0.3 is 10.1 Å². The van der Waals surface area contributed by atoms with Crippen LogP contribution in [0.5, 0.6) is 5.88 Å². The summed E-state index contributed by atoms with van der Waals surface area (Å²) in [5.74, 6) is -0.213. The van der Waals surface area contributed by atoms with E-state index in [9.17, 15) is 18.4 Å². The summed E-state index contributed by atoms with van der Waals surface area (Å²) < 4.78 is 29.4. The van der Waals surface area contributed by atoms with E-state index in [-0.39, 0.29) is 30.0 Å². The van der Waals surface area contributed by atoms with Gasteiger partial charge >= 0.3 is 0 Å². The molecule has 6 nitrogen and oxygen atoms in total. The van der Waals surface area contributed by atoms with E-state index in [1.54, 1.807) is 32.0 Å². The molecule has 2 rings (SSSR count). The van der Waals surface area contributed by atoms with Gasteiger partial charge in [-0.15, -0.1) is 0 Å². The van der Waals surface area contributed by atoms with Gasteiger partial charge in [0.25, 0.3) is 12.3 Å². The predicted octanol–water partition coefficient (Wildman–Crippen LogP) is 3.05. The summed E-state index contributed by atoms with van der Waals surface area (Å²) in [6.45, 7) is 4.22. The number of halogens is 2. The Morgan fingerprint density at radius 1 is 1.26 bits per heavy atom. The quantitative estimate of drug-likeness (QED) is 0.765. The van der Waals surface area contributed by atoms with Crippen LogP contribution in [0.3, 0.4) is 0 Å². The molecule has 2 heterocycles. The van der Waals surface area contributed by atoms with E-state index in [1.807, 2.05) is 0 Å². The Hall–Kier alpha value is -2.90. The van der Waals surface area contributed by atoms with Crippen LogP contribution in [0.15, 0.2) is 30.6 Å². The van der Waals surface area contributed by atoms with Gasteiger partial charge in [-0.2, -0.15) is 0 Å². The Labute approximate surface area is 156 Å². The summed E-state index contributed by atoms with van der Waals surface area (Å²) in [7, 11) is 0. The van der Waals surface area contributed by atoms with E-state index in [0.717, 1.165) is 0 Å². The van der Waals surface area contributed by atoms with Crippen LogP contribution < -0.4 is 10.1 Å². The number of pyridine rings is 2. The van der Waals surface area contributed by atoms with Gasteiger partial charge in [-0.05, 0) is 44.5 Å². The van der Waals surface area contributed by atoms with Gasteiger partial charge in [-0.3, -0.25) is 14.6 Å². The minimum absolute atomic E-state index is 0.0378. The smallest absolute Gasteiger partial charge is 0.272 e. The predicted molar refractivity (Wildman–Crippen MR) is 95.0 cm³/mol. The highest BCUT2D eigenvalue weighted by Crippen LogP contribution is 2.20. The van der Waals surface area contributed by atoms with Gasteiger partial charge in [0, 0.05) is 35.6 Å². The third-order valence-corrected chi connectivity index (χ3v) is 3.75. The maximum Gasteiger partial charge on any atom is 0.272 e. The maximum atomic E-state index is 12.4. The van der Waals surface area contributed by atoms with Crippen molar-refractivity contribution in [3.05, 3.63) is 53.0 Å². The second kappa shape index (κ2) is 9.16. The van der Waals surface area contributed by atoms with Crippen LogP contribution in [0.1, 0.15) is 47.1 Å². The van der Waals surface area contributed by atoms with Crippen molar-refractivity contribution in [2.75, 3.05) is 6.61 Å². The Kier molecular flexibility index (Phi) is 6.92. The van der Waals surface area contributed by atoms with E-state index in [1.165, 1.54) is 19.3 Å². The van der Waals surface area contributed by atoms with Crippen molar-refractivity contribution in [3.8, 4) is 5.88 Å². The Balaban J connectivity index is 2.06. The van der Waals surface area contributed by atoms with E-state index >= 15 is 0 Å². The van der Waals surface area contributed by atoms with Crippen LogP contribution in [0, 0.1) is 6.92 Å². The molecule has 0 aliphatic heterocycles. The number of amides is 1. The van der Waals surface area contributed by atoms with Crippen LogP contribution in [0.4, 0.5) is 8.78 Å². The molecule has 0 aliphatic rings. The van der Waals surface area contributed by atoms with Crippen molar-refractivity contribution in [3.63, 3.8) is 0 Å². The molecule has 0 radical (unpaired) electrons. The minimum atomic E-state index is -2.57. The summed E-state index contributed by atoms with van der Waals surface area (Å²) in [6, 6.07) is 4.51. The zero-order valence-corrected chi connectivity index (χ0v) is 15.3. The van der Waals surface area contributed by atoms with Crippen LogP contribution in [-0.4, -0.2) is 34.7 Å². The molecule has 2 aromatic heterocycles. The molecular weight excluding hydrogens is 356 g/mol. The molecule has 1 N–H and O–H groups in total. The molecule has 144 valence electrons. The molecule has 0 bridgehead atoms. The van der Waals surface area contributed by atoms with E-state index < -0.39 is 13.0 Å². The maximum absolute atomic E-state index is 12.4. The summed E-state index contributed by atoms with van der Waals surface area (Å²) >= 11 is 0. The first-order valence-electron chi connectivity index (χ1n) is 8.39. The lowest BCUT2D eigenvalue weighted by molar-refractivity contribution is -0.116. The number of ether oxygens (including phenoxy) is 1. The standard InChI is InChI=1S/C19H21F2N3O3/c1-11-6-15(9-23-19(11)27-10-17(20)21)13(3)24-18(26)14-4-5-22-16(8-14)7-12(2)25/h4-6,8-9,13,17H,7,10H2,1-3H3,(H,24,26). The van der Waals surface area contributed by atoms with E-state index in [2.05, 4.69) is 15.3 Å². The normalized spacial score (nSPS) is 11.9. The molecule has 0 saturated carbocycles. The van der Waals surface area contributed by atoms with Crippen molar-refractivity contribution in [1.29, 1.82) is 0 Å². The molecule has 27 heavy (non-hydrogen) atoms. The van der Waals surface area contributed by atoms with Gasteiger partial charge in [0.1, 0.15) is 5.78 Å². The average Bonchev–Trinajstić information content (AvgIpc) is 2.60. The highest BCUT2D eigenvalue weighted by atomic mass is 19.3. The van der Waals surface area contributed by atoms with Crippen molar-refractivity contribution in [1.82, 2.24) is 15.3 Å². The zero-order chi connectivity index (χ0) is 20.0. The molecule has 1 unspecified atom stereocenters. The molecule has 0 saturated heterocycles. The number of Topliss-reactive ketones (excluding diaryl/α,β-unsaturated/α-hetero) is 1. The van der Waals surface area contributed by atoms with Crippen LogP contribution >= 0.6 is 0 Å². The first kappa shape index (κ1) is 20.4. The fraction of sp³-hybridized carbons (Fsp3) is 0.368. The number of hydrogen-bond acceptors (Lipinski definition) is 5. The number of hydrogen-bond donors (Lipinski definition) is 1. The second-order valence-corrected chi connectivity index (χ2v) is 6.20. The summed E-state index contributed by atoms with van der Waals surface area (Å²) in [6.07, 6.45) is 0.558. The lowest BCUT2D eigenvalue weighted by Gasteiger charge is -2.16. The highest BCUT2D eigenvalue weighted by molar-refractivity contribution is 5.94. The van der Waals surface area contributed by atoms with Gasteiger partial charge in [-0.25, -0.2) is 13.8 Å². The van der Waals surface area contributed by atoms with Gasteiger partial charge in [0.05, 0.1) is 6.04 Å². The van der Waals surface area contributed by atoms with Crippen molar-refractivity contribution < 1.29 is 23.1 Å². The summed E-state index contributed by atoms with van der Waals surface area (Å²) in [4.78, 5) is 31.8. The number of carbonyl (C=O) groups excluding carboxylic acids is 2. The summed E-state index contributed by atoms with van der Waals surface area (Å²) in [5.41, 5.74) is 2.24. The second-order valence-electron chi connectivity index (χ2n) is 6.20. The molecule has 1 atom stereocenters. The van der Waals surface area contributed by atoms with E-state index in [0.29, 0.717) is 22.4 Å². The lowest BCUT2D eigenvalue weighted by atomic mass is 10.1. The number of nitrogens with zero attached hydrogens (tertiary/aromatic N) is 2. The average molecular weight is 377 g/mol. The third-order valence-electron chi connectivity index (χ3n) is 3.75. The highest BCUT2D eigenvalue weighted by Gasteiger charge is 2.15. The minimum Gasteiger partial charge on any atom is -0.471 e. The Morgan fingerprint density at radius 2 is 2.00 bits per heavy atom. The molecule has 8 heteroatoms. The Bertz CT molecular complexity index is 828. The van der Waals surface area contributed by atoms with Crippen molar-refractivity contribution >= 4 is 11.7 Å². The van der Waals surface area contributed by atoms with Crippen molar-refractivity contribution in [2.24, 2.45) is 0 Å². The number of alkyl halides is 2. The molecule has 0 spiro atoms. The molecule has 0 aliphatic carbocycles. The fourth-order valence-corrected chi connectivity index (χ4v) is 2.45.